The third-order valence-electron chi connectivity index (χ3n) is 4.14. The monoisotopic (exact) mass is 368 g/mol. The first kappa shape index (κ1) is 18.7. The SMILES string of the molecule is COc1ccccc1OCCNC(=O)c1cc(C)nc2c1cnn2C(C)C. The van der Waals surface area contributed by atoms with E-state index in [2.05, 4.69) is 15.4 Å². The van der Waals surface area contributed by atoms with Crippen molar-refractivity contribution in [1.29, 1.82) is 0 Å². The van der Waals surface area contributed by atoms with Gasteiger partial charge in [0.25, 0.3) is 5.91 Å². The third-order valence-corrected chi connectivity index (χ3v) is 4.14. The van der Waals surface area contributed by atoms with Crippen LogP contribution in [0.5, 0.6) is 11.5 Å². The van der Waals surface area contributed by atoms with Gasteiger partial charge in [0.2, 0.25) is 0 Å². The lowest BCUT2D eigenvalue weighted by Gasteiger charge is -2.11. The van der Waals surface area contributed by atoms with Crippen molar-refractivity contribution in [3.8, 4) is 11.5 Å². The van der Waals surface area contributed by atoms with E-state index >= 15 is 0 Å². The average molecular weight is 368 g/mol. The summed E-state index contributed by atoms with van der Waals surface area (Å²) in [5, 5.41) is 8.01. The lowest BCUT2D eigenvalue weighted by molar-refractivity contribution is 0.0948. The Morgan fingerprint density at radius 2 is 2.00 bits per heavy atom. The molecule has 0 fully saturated rings. The minimum Gasteiger partial charge on any atom is -0.493 e. The number of nitrogens with one attached hydrogen (secondary N) is 1. The quantitative estimate of drug-likeness (QED) is 0.648. The summed E-state index contributed by atoms with van der Waals surface area (Å²) in [5.74, 6) is 1.14. The zero-order valence-electron chi connectivity index (χ0n) is 16.0. The van der Waals surface area contributed by atoms with E-state index in [1.165, 1.54) is 0 Å². The van der Waals surface area contributed by atoms with Crippen molar-refractivity contribution < 1.29 is 14.3 Å². The van der Waals surface area contributed by atoms with Crippen LogP contribution in [0.3, 0.4) is 0 Å². The van der Waals surface area contributed by atoms with E-state index in [-0.39, 0.29) is 11.9 Å². The number of aryl methyl sites for hydroxylation is 1. The normalized spacial score (nSPS) is 11.0. The third kappa shape index (κ3) is 4.02. The highest BCUT2D eigenvalue weighted by atomic mass is 16.5. The minimum absolute atomic E-state index is 0.168. The van der Waals surface area contributed by atoms with Gasteiger partial charge in [0.05, 0.1) is 30.8 Å². The first-order valence-electron chi connectivity index (χ1n) is 8.90. The molecule has 3 aromatic rings. The number of ether oxygens (including phenoxy) is 2. The zero-order valence-corrected chi connectivity index (χ0v) is 16.0. The number of benzene rings is 1. The highest BCUT2D eigenvalue weighted by Gasteiger charge is 2.16. The summed E-state index contributed by atoms with van der Waals surface area (Å²) in [7, 11) is 1.60. The van der Waals surface area contributed by atoms with Gasteiger partial charge in [0, 0.05) is 11.7 Å². The summed E-state index contributed by atoms with van der Waals surface area (Å²) in [6, 6.07) is 9.36. The van der Waals surface area contributed by atoms with E-state index < -0.39 is 0 Å². The Bertz CT molecular complexity index is 950. The highest BCUT2D eigenvalue weighted by Crippen LogP contribution is 2.25. The van der Waals surface area contributed by atoms with Gasteiger partial charge in [-0.2, -0.15) is 5.10 Å². The second-order valence-corrected chi connectivity index (χ2v) is 6.49. The van der Waals surface area contributed by atoms with Crippen LogP contribution in [0.4, 0.5) is 0 Å². The number of carbonyl (C=O) groups excluding carboxylic acids is 1. The number of fused-ring (bicyclic) bond motifs is 1. The number of rotatable bonds is 7. The molecule has 142 valence electrons. The molecular weight excluding hydrogens is 344 g/mol. The van der Waals surface area contributed by atoms with Crippen LogP contribution in [0.2, 0.25) is 0 Å². The van der Waals surface area contributed by atoms with Crippen LogP contribution in [0.1, 0.15) is 35.9 Å². The lowest BCUT2D eigenvalue weighted by Crippen LogP contribution is -2.28. The highest BCUT2D eigenvalue weighted by molar-refractivity contribution is 6.05. The number of pyridine rings is 1. The predicted octanol–water partition coefficient (Wildman–Crippen LogP) is 3.14. The summed E-state index contributed by atoms with van der Waals surface area (Å²) < 4.78 is 12.8. The molecule has 0 spiro atoms. The van der Waals surface area contributed by atoms with Crippen LogP contribution in [0, 0.1) is 6.92 Å². The van der Waals surface area contributed by atoms with E-state index in [0.717, 1.165) is 16.7 Å². The molecule has 1 N–H and O–H groups in total. The summed E-state index contributed by atoms with van der Waals surface area (Å²) in [6.07, 6.45) is 1.70. The van der Waals surface area contributed by atoms with Gasteiger partial charge in [-0.3, -0.25) is 4.79 Å². The van der Waals surface area contributed by atoms with Gasteiger partial charge in [-0.25, -0.2) is 9.67 Å². The fourth-order valence-electron chi connectivity index (χ4n) is 2.87. The first-order chi connectivity index (χ1) is 13.0. The predicted molar refractivity (Wildman–Crippen MR) is 103 cm³/mol. The van der Waals surface area contributed by atoms with E-state index in [1.807, 2.05) is 49.7 Å². The number of amides is 1. The van der Waals surface area contributed by atoms with Gasteiger partial charge in [0.1, 0.15) is 6.61 Å². The Morgan fingerprint density at radius 1 is 1.26 bits per heavy atom. The number of hydrogen-bond donors (Lipinski definition) is 1. The molecule has 0 saturated heterocycles. The van der Waals surface area contributed by atoms with Crippen LogP contribution in [0.15, 0.2) is 36.5 Å². The molecule has 7 heteroatoms. The number of carbonyl (C=O) groups is 1. The molecule has 0 bridgehead atoms. The Balaban J connectivity index is 1.68. The molecule has 1 amide bonds. The van der Waals surface area contributed by atoms with Crippen molar-refractivity contribution in [3.63, 3.8) is 0 Å². The maximum atomic E-state index is 12.7. The molecule has 0 unspecified atom stereocenters. The lowest BCUT2D eigenvalue weighted by atomic mass is 10.1. The zero-order chi connectivity index (χ0) is 19.4. The Hall–Kier alpha value is -3.09. The van der Waals surface area contributed by atoms with Crippen LogP contribution < -0.4 is 14.8 Å². The summed E-state index contributed by atoms with van der Waals surface area (Å²) >= 11 is 0. The smallest absolute Gasteiger partial charge is 0.252 e. The first-order valence-corrected chi connectivity index (χ1v) is 8.90. The largest absolute Gasteiger partial charge is 0.493 e. The molecule has 1 aromatic carbocycles. The molecule has 0 atom stereocenters. The maximum absolute atomic E-state index is 12.7. The second kappa shape index (κ2) is 8.07. The fraction of sp³-hybridized carbons (Fsp3) is 0.350. The molecule has 3 rings (SSSR count). The van der Waals surface area contributed by atoms with E-state index in [9.17, 15) is 4.79 Å². The molecule has 2 heterocycles. The molecule has 0 aliphatic rings. The summed E-state index contributed by atoms with van der Waals surface area (Å²) in [6.45, 7) is 6.65. The summed E-state index contributed by atoms with van der Waals surface area (Å²) in [4.78, 5) is 17.2. The Labute approximate surface area is 158 Å². The maximum Gasteiger partial charge on any atom is 0.252 e. The van der Waals surface area contributed by atoms with Crippen molar-refractivity contribution in [2.45, 2.75) is 26.8 Å². The average Bonchev–Trinajstić information content (AvgIpc) is 3.08. The van der Waals surface area contributed by atoms with Crippen molar-refractivity contribution in [2.75, 3.05) is 20.3 Å². The van der Waals surface area contributed by atoms with E-state index in [4.69, 9.17) is 9.47 Å². The van der Waals surface area contributed by atoms with Gasteiger partial charge in [0.15, 0.2) is 17.1 Å². The molecule has 7 nitrogen and oxygen atoms in total. The van der Waals surface area contributed by atoms with Gasteiger partial charge < -0.3 is 14.8 Å². The van der Waals surface area contributed by atoms with E-state index in [0.29, 0.717) is 30.2 Å². The second-order valence-electron chi connectivity index (χ2n) is 6.49. The van der Waals surface area contributed by atoms with Crippen molar-refractivity contribution >= 4 is 16.9 Å². The van der Waals surface area contributed by atoms with Gasteiger partial charge in [-0.05, 0) is 39.0 Å². The molecule has 0 saturated carbocycles. The Kier molecular flexibility index (Phi) is 5.59. The van der Waals surface area contributed by atoms with Crippen molar-refractivity contribution in [2.24, 2.45) is 0 Å². The number of para-hydroxylation sites is 2. The van der Waals surface area contributed by atoms with Gasteiger partial charge in [-0.15, -0.1) is 0 Å². The van der Waals surface area contributed by atoms with Crippen molar-refractivity contribution in [1.82, 2.24) is 20.1 Å². The number of methoxy groups -OCH3 is 1. The minimum atomic E-state index is -0.169. The van der Waals surface area contributed by atoms with Crippen LogP contribution in [-0.4, -0.2) is 40.9 Å². The van der Waals surface area contributed by atoms with Crippen LogP contribution in [0.25, 0.3) is 11.0 Å². The Morgan fingerprint density at radius 3 is 2.70 bits per heavy atom. The molecule has 2 aromatic heterocycles. The van der Waals surface area contributed by atoms with E-state index in [1.54, 1.807) is 19.4 Å². The topological polar surface area (TPSA) is 78.3 Å². The molecule has 0 aliphatic carbocycles. The number of nitrogens with zero attached hydrogens (tertiary/aromatic N) is 3. The molecule has 0 aliphatic heterocycles. The molecular formula is C20H24N4O3. The molecule has 27 heavy (non-hydrogen) atoms. The van der Waals surface area contributed by atoms with Crippen molar-refractivity contribution in [3.05, 3.63) is 47.8 Å². The number of aromatic nitrogens is 3. The number of hydrogen-bond acceptors (Lipinski definition) is 5. The van der Waals surface area contributed by atoms with Gasteiger partial charge >= 0.3 is 0 Å². The van der Waals surface area contributed by atoms with Crippen LogP contribution in [-0.2, 0) is 0 Å². The van der Waals surface area contributed by atoms with Gasteiger partial charge in [-0.1, -0.05) is 12.1 Å². The standard InChI is InChI=1S/C20H24N4O3/c1-13(2)24-19-16(12-22-24)15(11-14(3)23-19)20(25)21-9-10-27-18-8-6-5-7-17(18)26-4/h5-8,11-13H,9-10H2,1-4H3,(H,21,25). The fourth-order valence-corrected chi connectivity index (χ4v) is 2.87. The summed E-state index contributed by atoms with van der Waals surface area (Å²) in [5.41, 5.74) is 2.07. The van der Waals surface area contributed by atoms with Crippen LogP contribution >= 0.6 is 0 Å². The molecule has 0 radical (unpaired) electrons.